The van der Waals surface area contributed by atoms with Crippen molar-refractivity contribution in [1.82, 2.24) is 0 Å². The third-order valence-corrected chi connectivity index (χ3v) is 2.46. The molecule has 0 atom stereocenters. The van der Waals surface area contributed by atoms with Gasteiger partial charge >= 0.3 is 0 Å². The highest BCUT2D eigenvalue weighted by Gasteiger charge is 2.05. The molecule has 0 aliphatic rings. The molecule has 0 N–H and O–H groups in total. The molecule has 0 amide bonds. The molecular formula is C11H9ClO. The number of hydrogen-bond acceptors (Lipinski definition) is 1. The average molecular weight is 193 g/mol. The lowest BCUT2D eigenvalue weighted by atomic mass is 10.1. The number of furan rings is 1. The van der Waals surface area contributed by atoms with Gasteiger partial charge in [-0.2, -0.15) is 0 Å². The number of rotatable bonds is 1. The highest BCUT2D eigenvalue weighted by Crippen LogP contribution is 2.28. The van der Waals surface area contributed by atoms with Crippen molar-refractivity contribution < 1.29 is 4.42 Å². The van der Waals surface area contributed by atoms with Gasteiger partial charge in [0, 0.05) is 10.6 Å². The van der Waals surface area contributed by atoms with Crippen LogP contribution in [0.3, 0.4) is 0 Å². The highest BCUT2D eigenvalue weighted by molar-refractivity contribution is 6.31. The van der Waals surface area contributed by atoms with Gasteiger partial charge in [-0.3, -0.25) is 0 Å². The van der Waals surface area contributed by atoms with E-state index >= 15 is 0 Å². The lowest BCUT2D eigenvalue weighted by Crippen LogP contribution is -1.81. The molecule has 1 nitrogen and oxygen atoms in total. The maximum absolute atomic E-state index is 5.99. The van der Waals surface area contributed by atoms with E-state index in [9.17, 15) is 0 Å². The molecule has 1 aromatic heterocycles. The summed E-state index contributed by atoms with van der Waals surface area (Å²) in [5.74, 6) is 0.861. The summed E-state index contributed by atoms with van der Waals surface area (Å²) in [6, 6.07) is 9.60. The largest absolute Gasteiger partial charge is 0.464 e. The second kappa shape index (κ2) is 3.27. The molecule has 2 heteroatoms. The molecule has 0 fully saturated rings. The Labute approximate surface area is 82.0 Å². The first-order valence-corrected chi connectivity index (χ1v) is 4.46. The number of hydrogen-bond donors (Lipinski definition) is 0. The summed E-state index contributed by atoms with van der Waals surface area (Å²) >= 11 is 5.99. The smallest absolute Gasteiger partial charge is 0.134 e. The van der Waals surface area contributed by atoms with E-state index in [4.69, 9.17) is 16.0 Å². The molecule has 0 bridgehead atoms. The molecule has 0 radical (unpaired) electrons. The topological polar surface area (TPSA) is 13.1 Å². The molecule has 13 heavy (non-hydrogen) atoms. The third kappa shape index (κ3) is 1.47. The Balaban J connectivity index is 2.59. The van der Waals surface area contributed by atoms with Crippen LogP contribution in [0.1, 0.15) is 5.56 Å². The van der Waals surface area contributed by atoms with Crippen LogP contribution in [0.4, 0.5) is 0 Å². The summed E-state index contributed by atoms with van der Waals surface area (Å²) in [5.41, 5.74) is 2.11. The fourth-order valence-electron chi connectivity index (χ4n) is 1.31. The van der Waals surface area contributed by atoms with Crippen LogP contribution < -0.4 is 0 Å². The van der Waals surface area contributed by atoms with E-state index in [2.05, 4.69) is 0 Å². The molecule has 66 valence electrons. The van der Waals surface area contributed by atoms with Crippen molar-refractivity contribution in [2.45, 2.75) is 6.92 Å². The fourth-order valence-corrected chi connectivity index (χ4v) is 1.48. The quantitative estimate of drug-likeness (QED) is 0.668. The van der Waals surface area contributed by atoms with E-state index in [0.29, 0.717) is 0 Å². The predicted octanol–water partition coefficient (Wildman–Crippen LogP) is 3.91. The van der Waals surface area contributed by atoms with Crippen LogP contribution in [0, 0.1) is 6.92 Å². The van der Waals surface area contributed by atoms with Gasteiger partial charge in [-0.1, -0.05) is 23.7 Å². The van der Waals surface area contributed by atoms with Crippen molar-refractivity contribution in [3.05, 3.63) is 47.2 Å². The van der Waals surface area contributed by atoms with E-state index in [1.54, 1.807) is 6.26 Å². The Morgan fingerprint density at radius 2 is 2.00 bits per heavy atom. The van der Waals surface area contributed by atoms with E-state index in [-0.39, 0.29) is 0 Å². The number of halogens is 1. The summed E-state index contributed by atoms with van der Waals surface area (Å²) in [6.45, 7) is 1.99. The Kier molecular flexibility index (Phi) is 2.11. The van der Waals surface area contributed by atoms with Gasteiger partial charge in [0.05, 0.1) is 6.26 Å². The summed E-state index contributed by atoms with van der Waals surface area (Å²) < 4.78 is 5.30. The maximum atomic E-state index is 5.99. The van der Waals surface area contributed by atoms with Crippen LogP contribution in [0.2, 0.25) is 5.02 Å². The van der Waals surface area contributed by atoms with E-state index in [1.165, 1.54) is 0 Å². The third-order valence-electron chi connectivity index (χ3n) is 2.05. The van der Waals surface area contributed by atoms with Gasteiger partial charge in [0.2, 0.25) is 0 Å². The standard InChI is InChI=1S/C11H9ClO/c1-8-9(4-2-5-10(8)12)11-6-3-7-13-11/h2-7H,1H3. The summed E-state index contributed by atoms with van der Waals surface area (Å²) in [5, 5.41) is 0.772. The van der Waals surface area contributed by atoms with Gasteiger partial charge in [-0.15, -0.1) is 0 Å². The molecular weight excluding hydrogens is 184 g/mol. The Hall–Kier alpha value is -1.21. The lowest BCUT2D eigenvalue weighted by molar-refractivity contribution is 0.582. The second-order valence-electron chi connectivity index (χ2n) is 2.89. The van der Waals surface area contributed by atoms with Crippen LogP contribution in [0.25, 0.3) is 11.3 Å². The molecule has 0 saturated carbocycles. The van der Waals surface area contributed by atoms with Gasteiger partial charge in [0.15, 0.2) is 0 Å². The van der Waals surface area contributed by atoms with Crippen molar-refractivity contribution in [2.75, 3.05) is 0 Å². The first kappa shape index (κ1) is 8.39. The van der Waals surface area contributed by atoms with Crippen molar-refractivity contribution in [3.8, 4) is 11.3 Å². The molecule has 2 rings (SSSR count). The van der Waals surface area contributed by atoms with Crippen LogP contribution >= 0.6 is 11.6 Å². The minimum atomic E-state index is 0.772. The summed E-state index contributed by atoms with van der Waals surface area (Å²) in [7, 11) is 0. The Morgan fingerprint density at radius 3 is 2.69 bits per heavy atom. The van der Waals surface area contributed by atoms with Crippen molar-refractivity contribution in [2.24, 2.45) is 0 Å². The number of benzene rings is 1. The molecule has 0 aliphatic carbocycles. The molecule has 2 aromatic rings. The second-order valence-corrected chi connectivity index (χ2v) is 3.30. The van der Waals surface area contributed by atoms with Gasteiger partial charge in [-0.05, 0) is 30.7 Å². The van der Waals surface area contributed by atoms with Gasteiger partial charge < -0.3 is 4.42 Å². The maximum Gasteiger partial charge on any atom is 0.134 e. The van der Waals surface area contributed by atoms with E-state index < -0.39 is 0 Å². The van der Waals surface area contributed by atoms with Crippen molar-refractivity contribution in [3.63, 3.8) is 0 Å². The fraction of sp³-hybridized carbons (Fsp3) is 0.0909. The molecule has 0 aliphatic heterocycles. The average Bonchev–Trinajstić information content (AvgIpc) is 2.62. The molecule has 1 heterocycles. The predicted molar refractivity (Wildman–Crippen MR) is 53.9 cm³/mol. The van der Waals surface area contributed by atoms with E-state index in [0.717, 1.165) is 21.9 Å². The SMILES string of the molecule is Cc1c(Cl)cccc1-c1ccco1. The first-order valence-electron chi connectivity index (χ1n) is 4.08. The zero-order valence-corrected chi connectivity index (χ0v) is 8.01. The Bertz CT molecular complexity index is 404. The zero-order chi connectivity index (χ0) is 9.26. The monoisotopic (exact) mass is 192 g/mol. The molecule has 0 unspecified atom stereocenters. The minimum absolute atomic E-state index is 0.772. The van der Waals surface area contributed by atoms with Crippen LogP contribution in [0.15, 0.2) is 41.0 Å². The molecule has 0 saturated heterocycles. The zero-order valence-electron chi connectivity index (χ0n) is 7.25. The lowest BCUT2D eigenvalue weighted by Gasteiger charge is -2.03. The molecule has 0 spiro atoms. The Morgan fingerprint density at radius 1 is 1.15 bits per heavy atom. The van der Waals surface area contributed by atoms with Crippen molar-refractivity contribution >= 4 is 11.6 Å². The van der Waals surface area contributed by atoms with Gasteiger partial charge in [0.25, 0.3) is 0 Å². The van der Waals surface area contributed by atoms with Crippen LogP contribution in [-0.4, -0.2) is 0 Å². The minimum Gasteiger partial charge on any atom is -0.464 e. The van der Waals surface area contributed by atoms with Crippen molar-refractivity contribution in [1.29, 1.82) is 0 Å². The van der Waals surface area contributed by atoms with Gasteiger partial charge in [0.1, 0.15) is 5.76 Å². The normalized spacial score (nSPS) is 10.3. The first-order chi connectivity index (χ1) is 6.29. The van der Waals surface area contributed by atoms with E-state index in [1.807, 2.05) is 37.3 Å². The highest BCUT2D eigenvalue weighted by atomic mass is 35.5. The summed E-state index contributed by atoms with van der Waals surface area (Å²) in [4.78, 5) is 0. The van der Waals surface area contributed by atoms with Gasteiger partial charge in [-0.25, -0.2) is 0 Å². The van der Waals surface area contributed by atoms with Crippen LogP contribution in [-0.2, 0) is 0 Å². The summed E-state index contributed by atoms with van der Waals surface area (Å²) in [6.07, 6.45) is 1.66. The molecule has 1 aromatic carbocycles. The van der Waals surface area contributed by atoms with Crippen LogP contribution in [0.5, 0.6) is 0 Å².